The van der Waals surface area contributed by atoms with E-state index in [2.05, 4.69) is 0 Å². The monoisotopic (exact) mass is 324 g/mol. The van der Waals surface area contributed by atoms with E-state index < -0.39 is 68.0 Å². The minimum Gasteiger partial charge on any atom is -0.394 e. The number of rotatable bonds is 3. The van der Waals surface area contributed by atoms with Crippen molar-refractivity contribution in [3.05, 3.63) is 0 Å². The van der Waals surface area contributed by atoms with Crippen molar-refractivity contribution in [2.75, 3.05) is 13.2 Å². The summed E-state index contributed by atoms with van der Waals surface area (Å²) in [6, 6.07) is 0. The third-order valence-corrected chi connectivity index (χ3v) is 4.21. The van der Waals surface area contributed by atoms with Crippen LogP contribution in [0.2, 0.25) is 0 Å². The van der Waals surface area contributed by atoms with Crippen LogP contribution < -0.4 is 0 Å². The second kappa shape index (κ2) is 6.24. The molecule has 2 bridgehead atoms. The molecule has 0 amide bonds. The maximum atomic E-state index is 10.0. The molecule has 0 aromatic carbocycles. The van der Waals surface area contributed by atoms with Gasteiger partial charge >= 0.3 is 0 Å². The number of aliphatic hydroxyl groups excluding tert-OH is 6. The second-order valence-electron chi connectivity index (χ2n) is 5.66. The normalized spacial score (nSPS) is 55.4. The Kier molecular flexibility index (Phi) is 4.67. The van der Waals surface area contributed by atoms with E-state index >= 15 is 0 Å². The summed E-state index contributed by atoms with van der Waals surface area (Å²) in [7, 11) is 0. The smallest absolute Gasteiger partial charge is 0.187 e. The SMILES string of the molecule is OCC1O[C@@H](O[C@@H]2C3CO[C@H](O3)[C@@H](O)C2O)[C@@H](O)C(O)[C@@H]1O. The predicted octanol–water partition coefficient (Wildman–Crippen LogP) is -4.35. The highest BCUT2D eigenvalue weighted by Gasteiger charge is 2.53. The van der Waals surface area contributed by atoms with Crippen LogP contribution in [0.5, 0.6) is 0 Å². The molecule has 0 aromatic rings. The van der Waals surface area contributed by atoms with Gasteiger partial charge in [0.2, 0.25) is 0 Å². The van der Waals surface area contributed by atoms with Gasteiger partial charge in [-0.25, -0.2) is 0 Å². The van der Waals surface area contributed by atoms with Crippen LogP contribution in [0, 0.1) is 0 Å². The lowest BCUT2D eigenvalue weighted by Gasteiger charge is -2.43. The predicted molar refractivity (Wildman–Crippen MR) is 65.3 cm³/mol. The van der Waals surface area contributed by atoms with Crippen LogP contribution in [0.25, 0.3) is 0 Å². The van der Waals surface area contributed by atoms with Gasteiger partial charge in [-0.15, -0.1) is 0 Å². The van der Waals surface area contributed by atoms with Crippen molar-refractivity contribution in [3.63, 3.8) is 0 Å². The Balaban J connectivity index is 1.71. The fourth-order valence-electron chi connectivity index (χ4n) is 2.87. The average molecular weight is 324 g/mol. The molecule has 22 heavy (non-hydrogen) atoms. The van der Waals surface area contributed by atoms with Crippen molar-refractivity contribution in [1.82, 2.24) is 0 Å². The summed E-state index contributed by atoms with van der Waals surface area (Å²) < 4.78 is 21.1. The molecule has 10 heteroatoms. The van der Waals surface area contributed by atoms with E-state index in [1.54, 1.807) is 0 Å². The van der Waals surface area contributed by atoms with Crippen molar-refractivity contribution in [2.45, 2.75) is 61.4 Å². The van der Waals surface area contributed by atoms with E-state index in [1.165, 1.54) is 0 Å². The van der Waals surface area contributed by atoms with Gasteiger partial charge in [0.25, 0.3) is 0 Å². The molecule has 0 radical (unpaired) electrons. The lowest BCUT2D eigenvalue weighted by molar-refractivity contribution is -0.337. The summed E-state index contributed by atoms with van der Waals surface area (Å²) in [5, 5.41) is 58.3. The molecule has 3 heterocycles. The average Bonchev–Trinajstić information content (AvgIpc) is 2.96. The lowest BCUT2D eigenvalue weighted by Crippen LogP contribution is -2.62. The topological polar surface area (TPSA) is 158 Å². The molecule has 128 valence electrons. The minimum absolute atomic E-state index is 0.0842. The standard InChI is InChI=1S/C12H20O10/c13-1-3-5(14)6(15)8(17)12(20-3)22-10-4-2-19-11(21-4)9(18)7(10)16/h3-18H,1-2H2/t3?,4?,5-,6?,7?,8+,9+,10-,11-,12+/m1/s1. The Morgan fingerprint density at radius 1 is 0.864 bits per heavy atom. The summed E-state index contributed by atoms with van der Waals surface area (Å²) in [4.78, 5) is 0. The summed E-state index contributed by atoms with van der Waals surface area (Å²) >= 11 is 0. The molecule has 10 atom stereocenters. The molecule has 3 fully saturated rings. The van der Waals surface area contributed by atoms with Crippen LogP contribution in [0.3, 0.4) is 0 Å². The first-order valence-electron chi connectivity index (χ1n) is 7.03. The molecule has 0 spiro atoms. The van der Waals surface area contributed by atoms with Gasteiger partial charge in [0, 0.05) is 0 Å². The van der Waals surface area contributed by atoms with Gasteiger partial charge in [-0.2, -0.15) is 0 Å². The lowest BCUT2D eigenvalue weighted by atomic mass is 9.98. The first-order chi connectivity index (χ1) is 10.4. The molecule has 0 aliphatic carbocycles. The highest BCUT2D eigenvalue weighted by atomic mass is 16.8. The van der Waals surface area contributed by atoms with E-state index in [0.717, 1.165) is 0 Å². The molecule has 10 nitrogen and oxygen atoms in total. The molecular weight excluding hydrogens is 304 g/mol. The van der Waals surface area contributed by atoms with E-state index in [9.17, 15) is 25.5 Å². The maximum absolute atomic E-state index is 10.0. The Morgan fingerprint density at radius 2 is 1.59 bits per heavy atom. The van der Waals surface area contributed by atoms with Crippen LogP contribution in [-0.2, 0) is 18.9 Å². The molecule has 4 unspecified atom stereocenters. The van der Waals surface area contributed by atoms with Crippen molar-refractivity contribution in [1.29, 1.82) is 0 Å². The van der Waals surface area contributed by atoms with Crippen LogP contribution in [0.4, 0.5) is 0 Å². The Morgan fingerprint density at radius 3 is 2.27 bits per heavy atom. The van der Waals surface area contributed by atoms with Crippen molar-refractivity contribution in [2.24, 2.45) is 0 Å². The van der Waals surface area contributed by atoms with Crippen LogP contribution >= 0.6 is 0 Å². The fraction of sp³-hybridized carbons (Fsp3) is 1.00. The van der Waals surface area contributed by atoms with Gasteiger partial charge in [-0.05, 0) is 0 Å². The zero-order valence-electron chi connectivity index (χ0n) is 11.5. The van der Waals surface area contributed by atoms with Gasteiger partial charge in [-0.3, -0.25) is 0 Å². The summed E-state index contributed by atoms with van der Waals surface area (Å²) in [6.45, 7) is -0.507. The van der Waals surface area contributed by atoms with Crippen molar-refractivity contribution >= 4 is 0 Å². The zero-order valence-corrected chi connectivity index (χ0v) is 11.5. The van der Waals surface area contributed by atoms with Gasteiger partial charge in [0.05, 0.1) is 13.2 Å². The molecule has 3 aliphatic heterocycles. The van der Waals surface area contributed by atoms with Gasteiger partial charge in [0.1, 0.15) is 48.8 Å². The fourth-order valence-corrected chi connectivity index (χ4v) is 2.87. The van der Waals surface area contributed by atoms with Crippen molar-refractivity contribution < 1.29 is 49.6 Å². The quantitative estimate of drug-likeness (QED) is 0.299. The number of fused-ring (bicyclic) bond motifs is 2. The van der Waals surface area contributed by atoms with Crippen molar-refractivity contribution in [3.8, 4) is 0 Å². The molecule has 6 N–H and O–H groups in total. The Labute approximate surface area is 125 Å². The molecule has 3 aliphatic rings. The molecule has 3 saturated heterocycles. The van der Waals surface area contributed by atoms with E-state index in [0.29, 0.717) is 0 Å². The van der Waals surface area contributed by atoms with Crippen LogP contribution in [0.1, 0.15) is 0 Å². The number of ether oxygens (including phenoxy) is 4. The Hall–Kier alpha value is -0.400. The summed E-state index contributed by atoms with van der Waals surface area (Å²) in [5.74, 6) is 0. The first-order valence-corrected chi connectivity index (χ1v) is 7.03. The third-order valence-electron chi connectivity index (χ3n) is 4.21. The van der Waals surface area contributed by atoms with E-state index in [-0.39, 0.29) is 6.61 Å². The number of aliphatic hydroxyl groups is 6. The van der Waals surface area contributed by atoms with Gasteiger partial charge in [0.15, 0.2) is 12.6 Å². The number of hydrogen-bond acceptors (Lipinski definition) is 10. The first kappa shape index (κ1) is 16.5. The zero-order chi connectivity index (χ0) is 16.0. The van der Waals surface area contributed by atoms with Crippen LogP contribution in [0.15, 0.2) is 0 Å². The molecule has 0 aromatic heterocycles. The second-order valence-corrected chi connectivity index (χ2v) is 5.66. The van der Waals surface area contributed by atoms with Crippen LogP contribution in [-0.4, -0.2) is 105 Å². The molecule has 3 rings (SSSR count). The third kappa shape index (κ3) is 2.65. The molecule has 0 saturated carbocycles. The van der Waals surface area contributed by atoms with Gasteiger partial charge < -0.3 is 49.6 Å². The minimum atomic E-state index is -1.60. The number of hydrogen-bond donors (Lipinski definition) is 6. The maximum Gasteiger partial charge on any atom is 0.187 e. The highest BCUT2D eigenvalue weighted by Crippen LogP contribution is 2.32. The largest absolute Gasteiger partial charge is 0.394 e. The summed E-state index contributed by atoms with van der Waals surface area (Å²) in [5.41, 5.74) is 0. The van der Waals surface area contributed by atoms with E-state index in [1.807, 2.05) is 0 Å². The van der Waals surface area contributed by atoms with Gasteiger partial charge in [-0.1, -0.05) is 0 Å². The molecular formula is C12H20O10. The Bertz CT molecular complexity index is 392. The van der Waals surface area contributed by atoms with E-state index in [4.69, 9.17) is 24.1 Å². The summed E-state index contributed by atoms with van der Waals surface area (Å²) in [6.07, 6.45) is -12.5. The highest BCUT2D eigenvalue weighted by molar-refractivity contribution is 4.96.